The van der Waals surface area contributed by atoms with Crippen molar-refractivity contribution in [1.82, 2.24) is 6.15 Å². The quantitative estimate of drug-likeness (QED) is 0.728. The predicted molar refractivity (Wildman–Crippen MR) is 84.0 cm³/mol. The Morgan fingerprint density at radius 3 is 2.59 bits per heavy atom. The lowest BCUT2D eigenvalue weighted by molar-refractivity contribution is 0.101. The van der Waals surface area contributed by atoms with Crippen LogP contribution in [0.2, 0.25) is 0 Å². The maximum Gasteiger partial charge on any atom is 0.294 e. The summed E-state index contributed by atoms with van der Waals surface area (Å²) in [6.45, 7) is 0.986. The normalized spacial score (nSPS) is 16.7. The first-order valence-electron chi connectivity index (χ1n) is 6.19. The summed E-state index contributed by atoms with van der Waals surface area (Å²) < 4.78 is 42.1. The number of rotatable bonds is 4. The molecule has 9 heteroatoms. The first-order valence-corrected chi connectivity index (χ1v) is 8.58. The van der Waals surface area contributed by atoms with Gasteiger partial charge in [0.05, 0.1) is 11.4 Å². The van der Waals surface area contributed by atoms with Gasteiger partial charge in [0.25, 0.3) is 10.1 Å². The molecular weight excluding hydrogens is 328 g/mol. The third-order valence-electron chi connectivity index (χ3n) is 3.00. The minimum atomic E-state index is -4.15. The van der Waals surface area contributed by atoms with Crippen molar-refractivity contribution in [2.24, 2.45) is 0 Å². The third-order valence-corrected chi connectivity index (χ3v) is 4.57. The van der Waals surface area contributed by atoms with Crippen molar-refractivity contribution in [1.29, 1.82) is 0 Å². The molecule has 0 aliphatic carbocycles. The van der Waals surface area contributed by atoms with E-state index in [9.17, 15) is 8.42 Å². The molecule has 5 N–H and O–H groups in total. The summed E-state index contributed by atoms with van der Waals surface area (Å²) in [4.78, 5) is -0.131. The molecule has 1 aliphatic rings. The smallest absolute Gasteiger partial charge is 0.294 e. The van der Waals surface area contributed by atoms with E-state index in [-0.39, 0.29) is 17.1 Å². The highest BCUT2D eigenvalue weighted by Crippen LogP contribution is 2.35. The van der Waals surface area contributed by atoms with Crippen LogP contribution < -0.4 is 20.9 Å². The fourth-order valence-electron chi connectivity index (χ4n) is 1.94. The van der Waals surface area contributed by atoms with Crippen LogP contribution in [0.15, 0.2) is 39.9 Å². The van der Waals surface area contributed by atoms with Crippen LogP contribution in [0.3, 0.4) is 0 Å². The zero-order valence-electron chi connectivity index (χ0n) is 11.6. The summed E-state index contributed by atoms with van der Waals surface area (Å²) in [6.07, 6.45) is -0.117. The first-order chi connectivity index (χ1) is 10.0. The van der Waals surface area contributed by atoms with Crippen LogP contribution in [0.25, 0.3) is 0 Å². The molecule has 2 aromatic rings. The predicted octanol–water partition coefficient (Wildman–Crippen LogP) is 2.41. The van der Waals surface area contributed by atoms with Crippen LogP contribution in [0.4, 0.5) is 5.69 Å². The summed E-state index contributed by atoms with van der Waals surface area (Å²) in [5.41, 5.74) is 0.738. The average molecular weight is 344 g/mol. The molecular formula is C13H16N2O5S2. The molecule has 0 fully saturated rings. The van der Waals surface area contributed by atoms with Crippen molar-refractivity contribution in [2.45, 2.75) is 11.0 Å². The second kappa shape index (κ2) is 6.53. The molecule has 7 nitrogen and oxygen atoms in total. The van der Waals surface area contributed by atoms with E-state index in [0.717, 1.165) is 17.2 Å². The zero-order chi connectivity index (χ0) is 14.9. The molecule has 1 atom stereocenters. The molecule has 0 saturated heterocycles. The number of thiophene rings is 1. The first kappa shape index (κ1) is 16.6. The largest absolute Gasteiger partial charge is 0.485 e. The number of fused-ring (bicyclic) bond motifs is 1. The highest BCUT2D eigenvalue weighted by Gasteiger charge is 2.21. The summed E-state index contributed by atoms with van der Waals surface area (Å²) in [7, 11) is -4.15. The lowest BCUT2D eigenvalue weighted by Crippen LogP contribution is -2.34. The number of nitrogens with one attached hydrogen (secondary N) is 1. The standard InChI is InChI=1S/C13H13NO5S2.H3N/c15-21(16,17)11-3-1-9(2-4-11)14-5-10-6-18-12-7-20-8-13(12)19-10;/h1-4,7-8,10,14H,5-6H2,(H,15,16,17);1H3. The second-order valence-corrected chi connectivity index (χ2v) is 6.70. The number of anilines is 1. The molecule has 22 heavy (non-hydrogen) atoms. The van der Waals surface area contributed by atoms with Gasteiger partial charge in [-0.1, -0.05) is 0 Å². The van der Waals surface area contributed by atoms with Crippen molar-refractivity contribution in [3.8, 4) is 11.5 Å². The van der Waals surface area contributed by atoms with E-state index < -0.39 is 10.1 Å². The minimum absolute atomic E-state index is 0. The summed E-state index contributed by atoms with van der Waals surface area (Å²) in [5, 5.41) is 6.93. The molecule has 0 spiro atoms. The van der Waals surface area contributed by atoms with E-state index in [1.54, 1.807) is 12.1 Å². The van der Waals surface area contributed by atoms with E-state index >= 15 is 0 Å². The Hall–Kier alpha value is -1.81. The molecule has 0 saturated carbocycles. The van der Waals surface area contributed by atoms with E-state index in [0.29, 0.717) is 13.2 Å². The second-order valence-electron chi connectivity index (χ2n) is 4.53. The van der Waals surface area contributed by atoms with Gasteiger partial charge in [0.1, 0.15) is 12.7 Å². The van der Waals surface area contributed by atoms with E-state index in [1.807, 2.05) is 10.8 Å². The SMILES string of the molecule is N.O=S(=O)(O)c1ccc(NCC2COc3cscc3O2)cc1. The summed E-state index contributed by atoms with van der Waals surface area (Å²) in [6, 6.07) is 5.85. The maximum absolute atomic E-state index is 10.9. The van der Waals surface area contributed by atoms with E-state index in [1.165, 1.54) is 23.5 Å². The van der Waals surface area contributed by atoms with Crippen molar-refractivity contribution < 1.29 is 22.4 Å². The molecule has 1 aromatic heterocycles. The molecule has 120 valence electrons. The fraction of sp³-hybridized carbons (Fsp3) is 0.231. The molecule has 1 aromatic carbocycles. The lowest BCUT2D eigenvalue weighted by atomic mass is 10.3. The van der Waals surface area contributed by atoms with E-state index in [4.69, 9.17) is 14.0 Å². The average Bonchev–Trinajstić information content (AvgIpc) is 2.92. The topological polar surface area (TPSA) is 120 Å². The molecule has 2 heterocycles. The van der Waals surface area contributed by atoms with E-state index in [2.05, 4.69) is 5.32 Å². The van der Waals surface area contributed by atoms with Crippen LogP contribution in [0, 0.1) is 0 Å². The Morgan fingerprint density at radius 2 is 1.91 bits per heavy atom. The highest BCUT2D eigenvalue weighted by molar-refractivity contribution is 7.85. The van der Waals surface area contributed by atoms with Gasteiger partial charge in [-0.15, -0.1) is 11.3 Å². The van der Waals surface area contributed by atoms with Gasteiger partial charge >= 0.3 is 0 Å². The molecule has 0 amide bonds. The van der Waals surface area contributed by atoms with Crippen LogP contribution in [0.5, 0.6) is 11.5 Å². The number of benzene rings is 1. The van der Waals surface area contributed by atoms with Crippen LogP contribution in [0.1, 0.15) is 0 Å². The molecule has 0 radical (unpaired) electrons. The monoisotopic (exact) mass is 344 g/mol. The Morgan fingerprint density at radius 1 is 1.23 bits per heavy atom. The van der Waals surface area contributed by atoms with Gasteiger partial charge in [0.2, 0.25) is 0 Å². The summed E-state index contributed by atoms with van der Waals surface area (Å²) in [5.74, 6) is 1.52. The van der Waals surface area contributed by atoms with Gasteiger partial charge in [-0.2, -0.15) is 8.42 Å². The molecule has 3 rings (SSSR count). The van der Waals surface area contributed by atoms with Crippen molar-refractivity contribution >= 4 is 27.1 Å². The molecule has 1 unspecified atom stereocenters. The summed E-state index contributed by atoms with van der Waals surface area (Å²) >= 11 is 1.52. The zero-order valence-corrected chi connectivity index (χ0v) is 13.2. The van der Waals surface area contributed by atoms with Crippen molar-refractivity contribution in [3.05, 3.63) is 35.0 Å². The minimum Gasteiger partial charge on any atom is -0.485 e. The van der Waals surface area contributed by atoms with Gasteiger partial charge < -0.3 is 20.9 Å². The Labute approximate surface area is 132 Å². The molecule has 1 aliphatic heterocycles. The van der Waals surface area contributed by atoms with Gasteiger partial charge in [0.15, 0.2) is 11.5 Å². The van der Waals surface area contributed by atoms with Gasteiger partial charge in [-0.25, -0.2) is 0 Å². The number of hydrogen-bond acceptors (Lipinski definition) is 7. The van der Waals surface area contributed by atoms with Gasteiger partial charge in [-0.3, -0.25) is 4.55 Å². The lowest BCUT2D eigenvalue weighted by Gasteiger charge is -2.25. The van der Waals surface area contributed by atoms with Gasteiger partial charge in [0, 0.05) is 16.4 Å². The highest BCUT2D eigenvalue weighted by atomic mass is 32.2. The molecule has 0 bridgehead atoms. The fourth-order valence-corrected chi connectivity index (χ4v) is 3.09. The van der Waals surface area contributed by atoms with Gasteiger partial charge in [-0.05, 0) is 24.3 Å². The Bertz CT molecular complexity index is 727. The number of hydrogen-bond donors (Lipinski definition) is 3. The van der Waals surface area contributed by atoms with Crippen LogP contribution in [-0.2, 0) is 10.1 Å². The van der Waals surface area contributed by atoms with Crippen LogP contribution in [-0.4, -0.2) is 32.2 Å². The Kier molecular flexibility index (Phi) is 4.91. The third kappa shape index (κ3) is 3.69. The van der Waals surface area contributed by atoms with Crippen molar-refractivity contribution in [3.63, 3.8) is 0 Å². The maximum atomic E-state index is 10.9. The Balaban J connectivity index is 0.00000176. The van der Waals surface area contributed by atoms with Crippen molar-refractivity contribution in [2.75, 3.05) is 18.5 Å². The number of ether oxygens (including phenoxy) is 2. The van der Waals surface area contributed by atoms with Crippen LogP contribution >= 0.6 is 11.3 Å².